The predicted octanol–water partition coefficient (Wildman–Crippen LogP) is 12.9. The molecule has 0 aliphatic rings. The summed E-state index contributed by atoms with van der Waals surface area (Å²) in [4.78, 5) is 12.3. The third-order valence-electron chi connectivity index (χ3n) is 8.40. The molecule has 0 saturated carbocycles. The van der Waals surface area contributed by atoms with Gasteiger partial charge in [0.2, 0.25) is 0 Å². The lowest BCUT2D eigenvalue weighted by atomic mass is 9.95. The lowest BCUT2D eigenvalue weighted by molar-refractivity contribution is -0.145. The summed E-state index contributed by atoms with van der Waals surface area (Å²) in [5.41, 5.74) is 0. The van der Waals surface area contributed by atoms with Gasteiger partial charge in [-0.2, -0.15) is 0 Å². The molecule has 0 aliphatic heterocycles. The van der Waals surface area contributed by atoms with Crippen molar-refractivity contribution in [2.24, 2.45) is 5.92 Å². The maximum atomic E-state index is 12.3. The second-order valence-corrected chi connectivity index (χ2v) is 12.4. The standard InChI is InChI=1S/C36H72O2/c1-4-7-10-13-15-16-17-18-19-20-21-22-23-24-25-27-30-33-36(37)38-34-35(31-28-12-9-6-3)32-29-26-14-11-8-5-2/h35H,4-34H2,1-3H3. The lowest BCUT2D eigenvalue weighted by Crippen LogP contribution is -2.14. The van der Waals surface area contributed by atoms with Gasteiger partial charge in [-0.1, -0.05) is 188 Å². The normalized spacial score (nSPS) is 12.2. The molecule has 0 fully saturated rings. The largest absolute Gasteiger partial charge is 0.465 e. The zero-order valence-corrected chi connectivity index (χ0v) is 26.8. The van der Waals surface area contributed by atoms with Crippen LogP contribution < -0.4 is 0 Å². The van der Waals surface area contributed by atoms with Gasteiger partial charge in [-0.25, -0.2) is 0 Å². The van der Waals surface area contributed by atoms with Gasteiger partial charge < -0.3 is 4.74 Å². The smallest absolute Gasteiger partial charge is 0.305 e. The van der Waals surface area contributed by atoms with Crippen LogP contribution in [0, 0.1) is 5.92 Å². The van der Waals surface area contributed by atoms with E-state index >= 15 is 0 Å². The molecule has 0 aromatic heterocycles. The second kappa shape index (κ2) is 32.7. The summed E-state index contributed by atoms with van der Waals surface area (Å²) in [5, 5.41) is 0. The van der Waals surface area contributed by atoms with Crippen molar-refractivity contribution < 1.29 is 9.53 Å². The number of carbonyl (C=O) groups is 1. The quantitative estimate of drug-likeness (QED) is 0.0631. The minimum absolute atomic E-state index is 0.0486. The van der Waals surface area contributed by atoms with Crippen molar-refractivity contribution in [1.29, 1.82) is 0 Å². The van der Waals surface area contributed by atoms with Crippen molar-refractivity contribution in [2.75, 3.05) is 6.61 Å². The van der Waals surface area contributed by atoms with Crippen LogP contribution in [-0.4, -0.2) is 12.6 Å². The van der Waals surface area contributed by atoms with Gasteiger partial charge in [-0.3, -0.25) is 4.79 Å². The van der Waals surface area contributed by atoms with E-state index in [1.807, 2.05) is 0 Å². The fraction of sp³-hybridized carbons (Fsp3) is 0.972. The minimum Gasteiger partial charge on any atom is -0.465 e. The number of unbranched alkanes of at least 4 members (excludes halogenated alkanes) is 24. The Kier molecular flexibility index (Phi) is 32.2. The molecule has 2 nitrogen and oxygen atoms in total. The van der Waals surface area contributed by atoms with Gasteiger partial charge >= 0.3 is 5.97 Å². The molecular formula is C36H72O2. The Morgan fingerprint density at radius 1 is 0.421 bits per heavy atom. The van der Waals surface area contributed by atoms with E-state index in [4.69, 9.17) is 4.74 Å². The topological polar surface area (TPSA) is 26.3 Å². The number of esters is 1. The fourth-order valence-electron chi connectivity index (χ4n) is 5.66. The molecule has 0 amide bonds. The van der Waals surface area contributed by atoms with Crippen LogP contribution in [0.5, 0.6) is 0 Å². The van der Waals surface area contributed by atoms with E-state index in [-0.39, 0.29) is 5.97 Å². The first-order valence-electron chi connectivity index (χ1n) is 17.9. The van der Waals surface area contributed by atoms with Gasteiger partial charge in [-0.05, 0) is 25.2 Å². The highest BCUT2D eigenvalue weighted by molar-refractivity contribution is 5.69. The first kappa shape index (κ1) is 37.5. The molecule has 0 aliphatic carbocycles. The number of hydrogen-bond donors (Lipinski definition) is 0. The zero-order chi connectivity index (χ0) is 27.8. The fourth-order valence-corrected chi connectivity index (χ4v) is 5.66. The van der Waals surface area contributed by atoms with Crippen molar-refractivity contribution in [3.05, 3.63) is 0 Å². The van der Waals surface area contributed by atoms with Crippen molar-refractivity contribution in [1.82, 2.24) is 0 Å². The molecule has 0 saturated heterocycles. The molecule has 1 atom stereocenters. The van der Waals surface area contributed by atoms with Gasteiger partial charge in [-0.15, -0.1) is 0 Å². The van der Waals surface area contributed by atoms with E-state index < -0.39 is 0 Å². The van der Waals surface area contributed by atoms with Gasteiger partial charge in [0.15, 0.2) is 0 Å². The summed E-state index contributed by atoms with van der Waals surface area (Å²) >= 11 is 0. The number of rotatable bonds is 32. The first-order valence-corrected chi connectivity index (χ1v) is 17.9. The summed E-state index contributed by atoms with van der Waals surface area (Å²) < 4.78 is 5.75. The van der Waals surface area contributed by atoms with E-state index in [2.05, 4.69) is 20.8 Å². The molecule has 0 aromatic rings. The maximum Gasteiger partial charge on any atom is 0.305 e. The Bertz CT molecular complexity index is 447. The van der Waals surface area contributed by atoms with Crippen molar-refractivity contribution >= 4 is 5.97 Å². The van der Waals surface area contributed by atoms with Gasteiger partial charge in [0, 0.05) is 6.42 Å². The molecule has 0 radical (unpaired) electrons. The SMILES string of the molecule is CCCCCCCCCCCCCCCCCCCC(=O)OCC(CCCCCC)CCCCCCCC. The van der Waals surface area contributed by atoms with Crippen LogP contribution in [-0.2, 0) is 9.53 Å². The number of carbonyl (C=O) groups excluding carboxylic acids is 1. The molecule has 0 heterocycles. The van der Waals surface area contributed by atoms with Crippen LogP contribution in [0.3, 0.4) is 0 Å². The van der Waals surface area contributed by atoms with Crippen LogP contribution in [0.15, 0.2) is 0 Å². The van der Waals surface area contributed by atoms with Crippen LogP contribution >= 0.6 is 0 Å². The molecule has 0 rings (SSSR count). The van der Waals surface area contributed by atoms with Gasteiger partial charge in [0.1, 0.15) is 0 Å². The highest BCUT2D eigenvalue weighted by atomic mass is 16.5. The molecule has 2 heteroatoms. The summed E-state index contributed by atoms with van der Waals surface area (Å²) in [6.45, 7) is 7.51. The Hall–Kier alpha value is -0.530. The summed E-state index contributed by atoms with van der Waals surface area (Å²) in [6, 6.07) is 0. The Labute approximate surface area is 241 Å². The zero-order valence-electron chi connectivity index (χ0n) is 26.8. The number of ether oxygens (including phenoxy) is 1. The molecule has 0 spiro atoms. The monoisotopic (exact) mass is 537 g/mol. The van der Waals surface area contributed by atoms with Crippen molar-refractivity contribution in [3.63, 3.8) is 0 Å². The van der Waals surface area contributed by atoms with Crippen molar-refractivity contribution in [2.45, 2.75) is 213 Å². The lowest BCUT2D eigenvalue weighted by Gasteiger charge is -2.17. The van der Waals surface area contributed by atoms with Gasteiger partial charge in [0.05, 0.1) is 6.61 Å². The Morgan fingerprint density at radius 3 is 1.08 bits per heavy atom. The molecular weight excluding hydrogens is 464 g/mol. The van der Waals surface area contributed by atoms with Crippen LogP contribution in [0.25, 0.3) is 0 Å². The number of hydrogen-bond acceptors (Lipinski definition) is 2. The van der Waals surface area contributed by atoms with E-state index in [1.54, 1.807) is 0 Å². The molecule has 0 bridgehead atoms. The molecule has 38 heavy (non-hydrogen) atoms. The average molecular weight is 537 g/mol. The molecule has 0 N–H and O–H groups in total. The summed E-state index contributed by atoms with van der Waals surface area (Å²) in [7, 11) is 0. The Morgan fingerprint density at radius 2 is 0.711 bits per heavy atom. The molecule has 1 unspecified atom stereocenters. The van der Waals surface area contributed by atoms with Crippen LogP contribution in [0.4, 0.5) is 0 Å². The van der Waals surface area contributed by atoms with Crippen LogP contribution in [0.1, 0.15) is 213 Å². The highest BCUT2D eigenvalue weighted by Crippen LogP contribution is 2.20. The van der Waals surface area contributed by atoms with Crippen molar-refractivity contribution in [3.8, 4) is 0 Å². The maximum absolute atomic E-state index is 12.3. The summed E-state index contributed by atoms with van der Waals surface area (Å²) in [6.07, 6.45) is 39.8. The highest BCUT2D eigenvalue weighted by Gasteiger charge is 2.12. The van der Waals surface area contributed by atoms with Crippen LogP contribution in [0.2, 0.25) is 0 Å². The second-order valence-electron chi connectivity index (χ2n) is 12.4. The molecule has 228 valence electrons. The van der Waals surface area contributed by atoms with E-state index in [1.165, 1.54) is 180 Å². The third-order valence-corrected chi connectivity index (χ3v) is 8.40. The average Bonchev–Trinajstić information content (AvgIpc) is 2.92. The molecule has 0 aromatic carbocycles. The summed E-state index contributed by atoms with van der Waals surface area (Å²) in [5.74, 6) is 0.630. The minimum atomic E-state index is 0.0486. The Balaban J connectivity index is 3.61. The third kappa shape index (κ3) is 30.0. The predicted molar refractivity (Wildman–Crippen MR) is 170 cm³/mol. The van der Waals surface area contributed by atoms with E-state index in [0.29, 0.717) is 18.9 Å². The van der Waals surface area contributed by atoms with Gasteiger partial charge in [0.25, 0.3) is 0 Å². The van der Waals surface area contributed by atoms with E-state index in [0.717, 1.165) is 6.42 Å². The van der Waals surface area contributed by atoms with E-state index in [9.17, 15) is 4.79 Å². The first-order chi connectivity index (χ1) is 18.7.